The molecule has 0 radical (unpaired) electrons. The van der Waals surface area contributed by atoms with E-state index in [1.54, 1.807) is 25.1 Å². The van der Waals surface area contributed by atoms with Crippen LogP contribution in [0.5, 0.6) is 5.75 Å². The van der Waals surface area contributed by atoms with E-state index in [1.807, 2.05) is 0 Å². The molecule has 1 aliphatic heterocycles. The van der Waals surface area contributed by atoms with Gasteiger partial charge in [0.1, 0.15) is 21.9 Å². The number of anilines is 1. The summed E-state index contributed by atoms with van der Waals surface area (Å²) in [7, 11) is -3.77. The molecule has 1 saturated heterocycles. The molecule has 0 unspecified atom stereocenters. The third-order valence-electron chi connectivity index (χ3n) is 5.04. The number of amides is 1. The van der Waals surface area contributed by atoms with E-state index in [4.69, 9.17) is 4.74 Å². The second-order valence-electron chi connectivity index (χ2n) is 7.07. The zero-order valence-corrected chi connectivity index (χ0v) is 17.8. The van der Waals surface area contributed by atoms with Gasteiger partial charge in [0, 0.05) is 31.2 Å². The molecule has 31 heavy (non-hydrogen) atoms. The summed E-state index contributed by atoms with van der Waals surface area (Å²) in [4.78, 5) is 29.5. The third-order valence-corrected chi connectivity index (χ3v) is 6.96. The van der Waals surface area contributed by atoms with Gasteiger partial charge in [-0.05, 0) is 50.1 Å². The number of ether oxygens (including phenoxy) is 1. The Morgan fingerprint density at radius 3 is 2.71 bits per heavy atom. The van der Waals surface area contributed by atoms with Crippen molar-refractivity contribution in [3.63, 3.8) is 0 Å². The van der Waals surface area contributed by atoms with Crippen LogP contribution in [-0.2, 0) is 10.0 Å². The van der Waals surface area contributed by atoms with Crippen LogP contribution in [0, 0.1) is 0 Å². The van der Waals surface area contributed by atoms with E-state index >= 15 is 0 Å². The molecule has 1 aliphatic rings. The van der Waals surface area contributed by atoms with Crippen molar-refractivity contribution < 1.29 is 17.9 Å². The lowest BCUT2D eigenvalue weighted by atomic mass is 10.2. The summed E-state index contributed by atoms with van der Waals surface area (Å²) in [5.41, 5.74) is -0.00613. The van der Waals surface area contributed by atoms with Crippen LogP contribution in [0.15, 0.2) is 58.5 Å². The number of nitrogens with zero attached hydrogens (tertiary/aromatic N) is 3. The molecule has 3 heterocycles. The summed E-state index contributed by atoms with van der Waals surface area (Å²) in [6.07, 6.45) is 4.35. The van der Waals surface area contributed by atoms with Crippen molar-refractivity contribution in [1.29, 1.82) is 0 Å². The van der Waals surface area contributed by atoms with Crippen LogP contribution in [0.2, 0.25) is 0 Å². The van der Waals surface area contributed by atoms with Crippen molar-refractivity contribution in [3.8, 4) is 5.75 Å². The number of sulfonamides is 1. The van der Waals surface area contributed by atoms with Gasteiger partial charge < -0.3 is 10.1 Å². The summed E-state index contributed by atoms with van der Waals surface area (Å²) < 4.78 is 34.4. The van der Waals surface area contributed by atoms with Gasteiger partial charge in [0.15, 0.2) is 0 Å². The minimum atomic E-state index is -3.77. The van der Waals surface area contributed by atoms with Gasteiger partial charge in [0.2, 0.25) is 10.0 Å². The topological polar surface area (TPSA) is 110 Å². The Morgan fingerprint density at radius 1 is 1.19 bits per heavy atom. The van der Waals surface area contributed by atoms with Crippen LogP contribution in [0.3, 0.4) is 0 Å². The summed E-state index contributed by atoms with van der Waals surface area (Å²) in [5.74, 6) is -0.454. The Kier molecular flexibility index (Phi) is 5.75. The Labute approximate surface area is 179 Å². The smallest absolute Gasteiger partial charge is 0.270 e. The lowest BCUT2D eigenvalue weighted by Gasteiger charge is -2.19. The Hall–Kier alpha value is -3.24. The average molecular weight is 442 g/mol. The molecule has 4 rings (SSSR count). The molecule has 10 heteroatoms. The number of hydrogen-bond donors (Lipinski definition) is 1. The van der Waals surface area contributed by atoms with Crippen LogP contribution >= 0.6 is 0 Å². The van der Waals surface area contributed by atoms with E-state index in [1.165, 1.54) is 39.3 Å². The Bertz CT molecular complexity index is 1300. The first-order valence-electron chi connectivity index (χ1n) is 9.96. The Balaban J connectivity index is 1.68. The minimum absolute atomic E-state index is 0.0117. The molecule has 0 spiro atoms. The third kappa shape index (κ3) is 4.04. The number of hydrogen-bond acceptors (Lipinski definition) is 6. The summed E-state index contributed by atoms with van der Waals surface area (Å²) >= 11 is 0. The number of benzene rings is 1. The molecule has 162 valence electrons. The van der Waals surface area contributed by atoms with Gasteiger partial charge in [-0.1, -0.05) is 6.07 Å². The van der Waals surface area contributed by atoms with Gasteiger partial charge in [-0.25, -0.2) is 13.4 Å². The largest absolute Gasteiger partial charge is 0.492 e. The highest BCUT2D eigenvalue weighted by molar-refractivity contribution is 7.89. The van der Waals surface area contributed by atoms with Crippen LogP contribution in [0.25, 0.3) is 5.65 Å². The standard InChI is InChI=1S/C21H22N4O5S/c1-2-30-17-9-8-15(13-18(17)31(28,29)24-10-5-6-11-24)23-20(26)16-14-22-19-7-3-4-12-25(19)21(16)27/h3-4,7-9,12-14H,2,5-6,10-11H2,1H3,(H,23,26). The van der Waals surface area contributed by atoms with Crippen LogP contribution in [-0.4, -0.2) is 47.7 Å². The summed E-state index contributed by atoms with van der Waals surface area (Å²) in [5, 5.41) is 2.61. The van der Waals surface area contributed by atoms with Gasteiger partial charge in [-0.15, -0.1) is 0 Å². The second kappa shape index (κ2) is 8.48. The van der Waals surface area contributed by atoms with E-state index in [0.29, 0.717) is 25.3 Å². The first-order chi connectivity index (χ1) is 14.9. The fourth-order valence-electron chi connectivity index (χ4n) is 3.51. The van der Waals surface area contributed by atoms with Gasteiger partial charge in [0.05, 0.1) is 6.61 Å². The minimum Gasteiger partial charge on any atom is -0.492 e. The SMILES string of the molecule is CCOc1ccc(NC(=O)c2cnc3ccccn3c2=O)cc1S(=O)(=O)N1CCCC1. The first-order valence-corrected chi connectivity index (χ1v) is 11.4. The van der Waals surface area contributed by atoms with Gasteiger partial charge in [-0.3, -0.25) is 14.0 Å². The highest BCUT2D eigenvalue weighted by Crippen LogP contribution is 2.31. The first kappa shape index (κ1) is 21.0. The summed E-state index contributed by atoms with van der Waals surface area (Å²) in [6, 6.07) is 9.47. The number of carbonyl (C=O) groups is 1. The molecule has 9 nitrogen and oxygen atoms in total. The molecule has 1 N–H and O–H groups in total. The maximum Gasteiger partial charge on any atom is 0.270 e. The van der Waals surface area contributed by atoms with Crippen molar-refractivity contribution in [3.05, 3.63) is 64.7 Å². The van der Waals surface area contributed by atoms with Gasteiger partial charge >= 0.3 is 0 Å². The predicted octanol–water partition coefficient (Wildman–Crippen LogP) is 2.13. The molecule has 0 saturated carbocycles. The van der Waals surface area contributed by atoms with Crippen molar-refractivity contribution >= 4 is 27.3 Å². The van der Waals surface area contributed by atoms with E-state index in [2.05, 4.69) is 10.3 Å². The molecule has 0 aliphatic carbocycles. The van der Waals surface area contributed by atoms with Gasteiger partial charge in [-0.2, -0.15) is 4.31 Å². The number of carbonyl (C=O) groups excluding carboxylic acids is 1. The molecule has 2 aromatic heterocycles. The zero-order valence-electron chi connectivity index (χ0n) is 16.9. The average Bonchev–Trinajstić information content (AvgIpc) is 3.31. The molecule has 1 fully saturated rings. The highest BCUT2D eigenvalue weighted by atomic mass is 32.2. The van der Waals surface area contributed by atoms with E-state index in [0.717, 1.165) is 12.8 Å². The van der Waals surface area contributed by atoms with Gasteiger partial charge in [0.25, 0.3) is 11.5 Å². The number of fused-ring (bicyclic) bond motifs is 1. The maximum atomic E-state index is 13.1. The van der Waals surface area contributed by atoms with Crippen molar-refractivity contribution in [1.82, 2.24) is 13.7 Å². The zero-order chi connectivity index (χ0) is 22.0. The van der Waals surface area contributed by atoms with Crippen LogP contribution in [0.4, 0.5) is 5.69 Å². The van der Waals surface area contributed by atoms with Crippen molar-refractivity contribution in [2.75, 3.05) is 25.0 Å². The van der Waals surface area contributed by atoms with Crippen LogP contribution < -0.4 is 15.6 Å². The highest BCUT2D eigenvalue weighted by Gasteiger charge is 2.30. The number of nitrogens with one attached hydrogen (secondary N) is 1. The van der Waals surface area contributed by atoms with E-state index < -0.39 is 21.5 Å². The van der Waals surface area contributed by atoms with Crippen molar-refractivity contribution in [2.45, 2.75) is 24.7 Å². The quantitative estimate of drug-likeness (QED) is 0.626. The second-order valence-corrected chi connectivity index (χ2v) is 8.97. The fourth-order valence-corrected chi connectivity index (χ4v) is 5.18. The number of pyridine rings is 1. The number of rotatable bonds is 6. The Morgan fingerprint density at radius 2 is 1.97 bits per heavy atom. The molecule has 0 atom stereocenters. The monoisotopic (exact) mass is 442 g/mol. The number of aromatic nitrogens is 2. The van der Waals surface area contributed by atoms with E-state index in [-0.39, 0.29) is 21.9 Å². The molecule has 3 aromatic rings. The van der Waals surface area contributed by atoms with E-state index in [9.17, 15) is 18.0 Å². The summed E-state index contributed by atoms with van der Waals surface area (Å²) in [6.45, 7) is 2.96. The van der Waals surface area contributed by atoms with Crippen LogP contribution in [0.1, 0.15) is 30.1 Å². The molecule has 1 aromatic carbocycles. The lowest BCUT2D eigenvalue weighted by molar-refractivity contribution is 0.102. The fraction of sp³-hybridized carbons (Fsp3) is 0.286. The molecule has 0 bridgehead atoms. The van der Waals surface area contributed by atoms with Crippen molar-refractivity contribution in [2.24, 2.45) is 0 Å². The molecular weight excluding hydrogens is 420 g/mol. The maximum absolute atomic E-state index is 13.1. The molecule has 1 amide bonds. The normalized spacial score (nSPS) is 14.6. The molecular formula is C21H22N4O5S. The lowest BCUT2D eigenvalue weighted by Crippen LogP contribution is -2.29. The predicted molar refractivity (Wildman–Crippen MR) is 115 cm³/mol.